The molecule has 0 saturated heterocycles. The van der Waals surface area contributed by atoms with Gasteiger partial charge < -0.3 is 25.8 Å². The maximum absolute atomic E-state index is 14.2. The van der Waals surface area contributed by atoms with Crippen molar-refractivity contribution in [3.8, 4) is 0 Å². The van der Waals surface area contributed by atoms with Gasteiger partial charge in [0.05, 0.1) is 6.61 Å². The summed E-state index contributed by atoms with van der Waals surface area (Å²) in [5, 5.41) is 12.8. The number of aromatic nitrogens is 1. The van der Waals surface area contributed by atoms with Crippen LogP contribution in [0.2, 0.25) is 0 Å². The van der Waals surface area contributed by atoms with Crippen molar-refractivity contribution in [2.75, 3.05) is 45.2 Å². The zero-order valence-corrected chi connectivity index (χ0v) is 19.8. The summed E-state index contributed by atoms with van der Waals surface area (Å²) in [6.07, 6.45) is 7.21. The number of nitrogens with zero attached hydrogens (tertiary/aromatic N) is 3. The van der Waals surface area contributed by atoms with Gasteiger partial charge in [0.1, 0.15) is 17.8 Å². The number of alkyl halides is 1. The Morgan fingerprint density at radius 2 is 2.24 bits per heavy atom. The van der Waals surface area contributed by atoms with Crippen LogP contribution in [0.4, 0.5) is 10.2 Å². The van der Waals surface area contributed by atoms with Crippen LogP contribution in [0.3, 0.4) is 0 Å². The maximum atomic E-state index is 14.2. The van der Waals surface area contributed by atoms with Gasteiger partial charge in [-0.25, -0.2) is 14.2 Å². The number of anilines is 1. The standard InChI is InChI=1S/C24H38FN5O3/c1-3-7-22(26)29-21(24(31)32)12-15-30(16-19(25)17-33-2)14-5-4-9-20-11-10-18-8-6-13-27-23(18)28-20/h3,7,10-11,19,21H,4-6,8-9,12-17H2,1-2H3,(H2,26,29)(H,27,28)(H,31,32)/b7-3-/t19-,21-/m0/s1. The molecular weight excluding hydrogens is 425 g/mol. The molecule has 184 valence electrons. The number of rotatable bonds is 15. The number of hydrogen-bond acceptors (Lipinski definition) is 6. The molecule has 0 saturated carbocycles. The molecule has 2 atom stereocenters. The van der Waals surface area contributed by atoms with E-state index in [4.69, 9.17) is 15.5 Å². The fourth-order valence-electron chi connectivity index (χ4n) is 3.90. The molecule has 0 spiro atoms. The van der Waals surface area contributed by atoms with E-state index in [1.54, 1.807) is 19.1 Å². The summed E-state index contributed by atoms with van der Waals surface area (Å²) in [6, 6.07) is 3.28. The highest BCUT2D eigenvalue weighted by Crippen LogP contribution is 2.20. The number of unbranched alkanes of at least 4 members (excludes halogenated alkanes) is 1. The Morgan fingerprint density at radius 1 is 1.42 bits per heavy atom. The number of halogens is 1. The van der Waals surface area contributed by atoms with Gasteiger partial charge in [-0.2, -0.15) is 0 Å². The molecule has 8 nitrogen and oxygen atoms in total. The highest BCUT2D eigenvalue weighted by Gasteiger charge is 2.20. The van der Waals surface area contributed by atoms with E-state index in [0.29, 0.717) is 13.1 Å². The number of aliphatic imine (C=N–C) groups is 1. The number of nitrogens with two attached hydrogens (primary N) is 1. The van der Waals surface area contributed by atoms with Crippen LogP contribution in [0.25, 0.3) is 0 Å². The van der Waals surface area contributed by atoms with E-state index in [2.05, 4.69) is 22.4 Å². The van der Waals surface area contributed by atoms with E-state index in [1.165, 1.54) is 12.7 Å². The van der Waals surface area contributed by atoms with Crippen LogP contribution in [0.1, 0.15) is 43.9 Å². The van der Waals surface area contributed by atoms with Gasteiger partial charge in [-0.15, -0.1) is 0 Å². The number of carboxylic acids is 1. The highest BCUT2D eigenvalue weighted by molar-refractivity contribution is 5.93. The summed E-state index contributed by atoms with van der Waals surface area (Å²) in [5.41, 5.74) is 8.07. The smallest absolute Gasteiger partial charge is 0.328 e. The lowest BCUT2D eigenvalue weighted by Gasteiger charge is -2.25. The van der Waals surface area contributed by atoms with E-state index < -0.39 is 18.2 Å². The monoisotopic (exact) mass is 463 g/mol. The molecule has 1 aromatic heterocycles. The van der Waals surface area contributed by atoms with Crippen molar-refractivity contribution in [2.24, 2.45) is 10.7 Å². The summed E-state index contributed by atoms with van der Waals surface area (Å²) in [5.74, 6) is 0.132. The highest BCUT2D eigenvalue weighted by atomic mass is 19.1. The molecule has 1 aromatic rings. The van der Waals surface area contributed by atoms with Gasteiger partial charge in [-0.05, 0) is 69.7 Å². The quantitative estimate of drug-likeness (QED) is 0.208. The molecule has 1 aliphatic heterocycles. The Bertz CT molecular complexity index is 802. The third-order valence-corrected chi connectivity index (χ3v) is 5.56. The van der Waals surface area contributed by atoms with Crippen LogP contribution in [-0.4, -0.2) is 78.9 Å². The van der Waals surface area contributed by atoms with Crippen LogP contribution in [-0.2, 0) is 22.4 Å². The summed E-state index contributed by atoms with van der Waals surface area (Å²) >= 11 is 0. The van der Waals surface area contributed by atoms with Gasteiger partial charge in [-0.3, -0.25) is 4.99 Å². The summed E-state index contributed by atoms with van der Waals surface area (Å²) in [7, 11) is 1.47. The number of methoxy groups -OCH3 is 1. The molecule has 0 fully saturated rings. The Hall–Kier alpha value is -2.52. The number of aryl methyl sites for hydroxylation is 2. The van der Waals surface area contributed by atoms with Gasteiger partial charge in [0.2, 0.25) is 0 Å². The van der Waals surface area contributed by atoms with Crippen molar-refractivity contribution in [1.29, 1.82) is 0 Å². The lowest BCUT2D eigenvalue weighted by molar-refractivity contribution is -0.138. The van der Waals surface area contributed by atoms with E-state index in [9.17, 15) is 14.3 Å². The molecule has 0 bridgehead atoms. The minimum Gasteiger partial charge on any atom is -0.480 e. The maximum Gasteiger partial charge on any atom is 0.328 e. The molecular formula is C24H38FN5O3. The molecule has 0 amide bonds. The average molecular weight is 464 g/mol. The number of carbonyl (C=O) groups is 1. The van der Waals surface area contributed by atoms with Crippen LogP contribution in [0, 0.1) is 0 Å². The minimum absolute atomic E-state index is 0.0112. The predicted molar refractivity (Wildman–Crippen MR) is 130 cm³/mol. The number of pyridine rings is 1. The number of hydrogen-bond donors (Lipinski definition) is 3. The number of aliphatic carboxylic acids is 1. The first-order chi connectivity index (χ1) is 15.9. The van der Waals surface area contributed by atoms with Crippen molar-refractivity contribution in [3.05, 3.63) is 35.5 Å². The van der Waals surface area contributed by atoms with E-state index in [0.717, 1.165) is 50.2 Å². The molecule has 2 heterocycles. The number of amidine groups is 1. The number of ether oxygens (including phenoxy) is 1. The topological polar surface area (TPSA) is 113 Å². The molecule has 0 aromatic carbocycles. The number of fused-ring (bicyclic) bond motifs is 1. The first-order valence-electron chi connectivity index (χ1n) is 11.7. The Balaban J connectivity index is 1.88. The van der Waals surface area contributed by atoms with Crippen molar-refractivity contribution in [2.45, 2.75) is 57.7 Å². The Labute approximate surface area is 196 Å². The second-order valence-electron chi connectivity index (χ2n) is 8.35. The molecule has 9 heteroatoms. The summed E-state index contributed by atoms with van der Waals surface area (Å²) in [6.45, 7) is 4.02. The van der Waals surface area contributed by atoms with Gasteiger partial charge >= 0.3 is 5.97 Å². The number of allylic oxidation sites excluding steroid dienone is 1. The molecule has 2 rings (SSSR count). The second kappa shape index (κ2) is 14.6. The normalized spacial score (nSPS) is 15.9. The molecule has 1 aliphatic rings. The average Bonchev–Trinajstić information content (AvgIpc) is 2.79. The van der Waals surface area contributed by atoms with Crippen LogP contribution in [0.5, 0.6) is 0 Å². The Morgan fingerprint density at radius 3 is 2.97 bits per heavy atom. The van der Waals surface area contributed by atoms with Gasteiger partial charge in [0.25, 0.3) is 0 Å². The van der Waals surface area contributed by atoms with Gasteiger partial charge in [0.15, 0.2) is 6.04 Å². The zero-order chi connectivity index (χ0) is 24.1. The van der Waals surface area contributed by atoms with Crippen molar-refractivity contribution < 1.29 is 19.0 Å². The first kappa shape index (κ1) is 26.7. The molecule has 4 N–H and O–H groups in total. The van der Waals surface area contributed by atoms with E-state index in [-0.39, 0.29) is 25.4 Å². The third-order valence-electron chi connectivity index (χ3n) is 5.56. The van der Waals surface area contributed by atoms with Gasteiger partial charge in [-0.1, -0.05) is 12.1 Å². The molecule has 0 aliphatic carbocycles. The number of nitrogens with one attached hydrogen (secondary N) is 1. The van der Waals surface area contributed by atoms with E-state index >= 15 is 0 Å². The fourth-order valence-corrected chi connectivity index (χ4v) is 3.90. The largest absolute Gasteiger partial charge is 0.480 e. The molecule has 0 unspecified atom stereocenters. The fraction of sp³-hybridized carbons (Fsp3) is 0.625. The van der Waals surface area contributed by atoms with Crippen molar-refractivity contribution in [3.63, 3.8) is 0 Å². The zero-order valence-electron chi connectivity index (χ0n) is 19.8. The van der Waals surface area contributed by atoms with E-state index in [1.807, 2.05) is 4.90 Å². The number of carboxylic acid groups (broad SMARTS) is 1. The first-order valence-corrected chi connectivity index (χ1v) is 11.7. The lowest BCUT2D eigenvalue weighted by Crippen LogP contribution is -2.36. The van der Waals surface area contributed by atoms with Crippen molar-refractivity contribution >= 4 is 17.6 Å². The Kier molecular flexibility index (Phi) is 11.8. The molecule has 0 radical (unpaired) electrons. The SMILES string of the molecule is C/C=C\C(N)=N[C@@H](CCN(CCCCc1ccc2c(n1)NCCC2)C[C@H](F)COC)C(=O)O. The third kappa shape index (κ3) is 9.88. The van der Waals surface area contributed by atoms with Crippen molar-refractivity contribution in [1.82, 2.24) is 9.88 Å². The summed E-state index contributed by atoms with van der Waals surface area (Å²) in [4.78, 5) is 22.3. The lowest BCUT2D eigenvalue weighted by atomic mass is 10.1. The minimum atomic E-state index is -1.14. The van der Waals surface area contributed by atoms with Crippen LogP contribution >= 0.6 is 0 Å². The van der Waals surface area contributed by atoms with Gasteiger partial charge in [0, 0.05) is 32.4 Å². The summed E-state index contributed by atoms with van der Waals surface area (Å²) < 4.78 is 19.1. The second-order valence-corrected chi connectivity index (χ2v) is 8.35. The van der Waals surface area contributed by atoms with Crippen LogP contribution < -0.4 is 11.1 Å². The predicted octanol–water partition coefficient (Wildman–Crippen LogP) is 2.83. The molecule has 33 heavy (non-hydrogen) atoms. The van der Waals surface area contributed by atoms with Crippen LogP contribution in [0.15, 0.2) is 29.3 Å².